The summed E-state index contributed by atoms with van der Waals surface area (Å²) in [5.41, 5.74) is 2.91. The zero-order valence-electron chi connectivity index (χ0n) is 17.7. The van der Waals surface area contributed by atoms with Crippen molar-refractivity contribution in [1.29, 1.82) is 0 Å². The third-order valence-corrected chi connectivity index (χ3v) is 5.61. The third kappa shape index (κ3) is 5.76. The Labute approximate surface area is 178 Å². The van der Waals surface area contributed by atoms with Crippen LogP contribution in [0.4, 0.5) is 0 Å². The summed E-state index contributed by atoms with van der Waals surface area (Å²) < 4.78 is 0. The Bertz CT molecular complexity index is 1010. The number of aryl methyl sites for hydroxylation is 2. The Balaban J connectivity index is 1.52. The minimum absolute atomic E-state index is 0.193. The maximum Gasteiger partial charge on any atom is 0.144 e. The number of benzene rings is 1. The Morgan fingerprint density at radius 1 is 1.17 bits per heavy atom. The van der Waals surface area contributed by atoms with Crippen LogP contribution in [0.15, 0.2) is 61.4 Å². The molecule has 2 aromatic heterocycles. The first kappa shape index (κ1) is 21.7. The molecule has 0 fully saturated rings. The molecule has 3 aromatic rings. The summed E-state index contributed by atoms with van der Waals surface area (Å²) in [5, 5.41) is 12.1. The zero-order chi connectivity index (χ0) is 21.3. The average molecular weight is 403 g/mol. The highest BCUT2D eigenvalue weighted by Crippen LogP contribution is 2.29. The summed E-state index contributed by atoms with van der Waals surface area (Å²) in [4.78, 5) is 21.1. The molecule has 1 N–H and O–H groups in total. The van der Waals surface area contributed by atoms with E-state index in [-0.39, 0.29) is 11.5 Å². The van der Waals surface area contributed by atoms with Crippen LogP contribution in [0.3, 0.4) is 0 Å². The van der Waals surface area contributed by atoms with Crippen molar-refractivity contribution in [1.82, 2.24) is 9.97 Å². The summed E-state index contributed by atoms with van der Waals surface area (Å²) in [6.45, 7) is 5.85. The van der Waals surface area contributed by atoms with E-state index in [1.165, 1.54) is 5.56 Å². The molecule has 30 heavy (non-hydrogen) atoms. The number of rotatable bonds is 11. The number of carbonyl (C=O) groups is 1. The van der Waals surface area contributed by atoms with Gasteiger partial charge in [-0.05, 0) is 56.2 Å². The second-order valence-electron chi connectivity index (χ2n) is 7.87. The van der Waals surface area contributed by atoms with Gasteiger partial charge in [0.25, 0.3) is 0 Å². The minimum Gasteiger partial charge on any atom is -0.505 e. The number of nitrogens with zero attached hydrogens (tertiary/aromatic N) is 2. The Morgan fingerprint density at radius 2 is 2.00 bits per heavy atom. The molecule has 1 aromatic carbocycles. The molecule has 2 heterocycles. The summed E-state index contributed by atoms with van der Waals surface area (Å²) >= 11 is 0. The van der Waals surface area contributed by atoms with Crippen molar-refractivity contribution < 1.29 is 9.90 Å². The Morgan fingerprint density at radius 3 is 2.80 bits per heavy atom. The van der Waals surface area contributed by atoms with Crippen LogP contribution in [-0.2, 0) is 11.2 Å². The molecular formula is C26H30N2O2. The first-order valence-electron chi connectivity index (χ1n) is 10.7. The van der Waals surface area contributed by atoms with Gasteiger partial charge in [0.2, 0.25) is 0 Å². The zero-order valence-corrected chi connectivity index (χ0v) is 17.7. The van der Waals surface area contributed by atoms with Gasteiger partial charge in [0.15, 0.2) is 0 Å². The van der Waals surface area contributed by atoms with E-state index in [0.717, 1.165) is 42.1 Å². The van der Waals surface area contributed by atoms with Crippen LogP contribution in [0.1, 0.15) is 61.4 Å². The number of carbonyl (C=O) groups excluding carboxylic acids is 1. The first-order chi connectivity index (χ1) is 14.6. The maximum absolute atomic E-state index is 12.4. The molecule has 0 bridgehead atoms. The van der Waals surface area contributed by atoms with Gasteiger partial charge < -0.3 is 5.11 Å². The number of aromatic nitrogens is 2. The fraction of sp³-hybridized carbons (Fsp3) is 0.346. The molecule has 0 aliphatic heterocycles. The molecule has 1 atom stereocenters. The quantitative estimate of drug-likeness (QED) is 0.396. The number of hydrogen-bond donors (Lipinski definition) is 1. The number of aromatic hydroxyl groups is 1. The first-order valence-corrected chi connectivity index (χ1v) is 10.7. The van der Waals surface area contributed by atoms with E-state index in [4.69, 9.17) is 0 Å². The van der Waals surface area contributed by atoms with Crippen molar-refractivity contribution in [3.63, 3.8) is 0 Å². The van der Waals surface area contributed by atoms with Gasteiger partial charge in [0.1, 0.15) is 11.5 Å². The van der Waals surface area contributed by atoms with Gasteiger partial charge in [0.05, 0.1) is 5.69 Å². The average Bonchev–Trinajstić information content (AvgIpc) is 2.76. The predicted molar refractivity (Wildman–Crippen MR) is 122 cm³/mol. The van der Waals surface area contributed by atoms with E-state index in [2.05, 4.69) is 28.7 Å². The fourth-order valence-corrected chi connectivity index (χ4v) is 3.92. The number of hydrogen-bond acceptors (Lipinski definition) is 4. The predicted octanol–water partition coefficient (Wildman–Crippen LogP) is 6.07. The van der Waals surface area contributed by atoms with Crippen molar-refractivity contribution in [2.24, 2.45) is 0 Å². The number of fused-ring (bicyclic) bond motifs is 1. The molecule has 0 saturated heterocycles. The van der Waals surface area contributed by atoms with Crippen LogP contribution < -0.4 is 0 Å². The smallest absolute Gasteiger partial charge is 0.144 e. The van der Waals surface area contributed by atoms with Crippen LogP contribution in [0.2, 0.25) is 0 Å². The molecule has 0 saturated carbocycles. The molecule has 156 valence electrons. The number of ketones is 1. The molecule has 4 nitrogen and oxygen atoms in total. The van der Waals surface area contributed by atoms with Gasteiger partial charge in [-0.2, -0.15) is 0 Å². The lowest BCUT2D eigenvalue weighted by Gasteiger charge is -2.17. The van der Waals surface area contributed by atoms with Crippen molar-refractivity contribution >= 4 is 16.6 Å². The van der Waals surface area contributed by atoms with Gasteiger partial charge in [-0.25, -0.2) is 0 Å². The summed E-state index contributed by atoms with van der Waals surface area (Å²) in [6, 6.07) is 11.8. The summed E-state index contributed by atoms with van der Waals surface area (Å²) in [6.07, 6.45) is 10.8. The van der Waals surface area contributed by atoms with E-state index >= 15 is 0 Å². The summed E-state index contributed by atoms with van der Waals surface area (Å²) in [5.74, 6) is 0.833. The second kappa shape index (κ2) is 10.7. The van der Waals surface area contributed by atoms with E-state index in [1.807, 2.05) is 43.5 Å². The maximum atomic E-state index is 12.4. The molecule has 0 amide bonds. The molecule has 0 aliphatic carbocycles. The highest BCUT2D eigenvalue weighted by molar-refractivity contribution is 5.88. The Kier molecular flexibility index (Phi) is 7.72. The van der Waals surface area contributed by atoms with Gasteiger partial charge in [-0.15, -0.1) is 6.58 Å². The van der Waals surface area contributed by atoms with Crippen molar-refractivity contribution in [2.75, 3.05) is 0 Å². The lowest BCUT2D eigenvalue weighted by atomic mass is 9.89. The number of pyridine rings is 2. The second-order valence-corrected chi connectivity index (χ2v) is 7.87. The van der Waals surface area contributed by atoms with Gasteiger partial charge in [0, 0.05) is 48.1 Å². The molecule has 0 aliphatic rings. The molecular weight excluding hydrogens is 372 g/mol. The third-order valence-electron chi connectivity index (χ3n) is 5.61. The van der Waals surface area contributed by atoms with Gasteiger partial charge in [-0.1, -0.05) is 30.3 Å². The highest BCUT2D eigenvalue weighted by atomic mass is 16.3. The Hall–Kier alpha value is -3.01. The number of Topliss-reactive ketones (excluding diaryl/α,β-unsaturated/α-hetero) is 1. The number of allylic oxidation sites excluding steroid dienone is 1. The minimum atomic E-state index is 0.193. The largest absolute Gasteiger partial charge is 0.505 e. The van der Waals surface area contributed by atoms with Crippen LogP contribution in [0.25, 0.3) is 10.8 Å². The van der Waals surface area contributed by atoms with Crippen LogP contribution in [0.5, 0.6) is 5.75 Å². The monoisotopic (exact) mass is 402 g/mol. The molecule has 1 unspecified atom stereocenters. The van der Waals surface area contributed by atoms with Crippen LogP contribution >= 0.6 is 0 Å². The molecule has 4 heteroatoms. The van der Waals surface area contributed by atoms with Gasteiger partial charge in [-0.3, -0.25) is 14.8 Å². The highest BCUT2D eigenvalue weighted by Gasteiger charge is 2.14. The SMILES string of the molecule is C=CCCC(CCCC(=O)CCc1ncc2ccccc2c1O)c1ccnc(C)c1. The van der Waals surface area contributed by atoms with Crippen molar-refractivity contribution in [3.8, 4) is 5.75 Å². The lowest BCUT2D eigenvalue weighted by molar-refractivity contribution is -0.119. The normalized spacial score (nSPS) is 12.0. The molecule has 0 radical (unpaired) electrons. The molecule has 0 spiro atoms. The van der Waals surface area contributed by atoms with E-state index in [9.17, 15) is 9.90 Å². The van der Waals surface area contributed by atoms with Crippen molar-refractivity contribution in [3.05, 3.63) is 78.4 Å². The van der Waals surface area contributed by atoms with Crippen LogP contribution in [0, 0.1) is 6.92 Å². The topological polar surface area (TPSA) is 63.1 Å². The van der Waals surface area contributed by atoms with E-state index < -0.39 is 0 Å². The molecule has 3 rings (SSSR count). The fourth-order valence-electron chi connectivity index (χ4n) is 3.92. The van der Waals surface area contributed by atoms with Crippen LogP contribution in [-0.4, -0.2) is 20.9 Å². The summed E-state index contributed by atoms with van der Waals surface area (Å²) in [7, 11) is 0. The standard InChI is InChI=1S/C26H30N2O2/c1-3-4-8-20(21-15-16-27-19(2)17-21)10-7-11-23(29)13-14-25-26(30)24-12-6-5-9-22(24)18-28-25/h3,5-6,9,12,15-18,20,30H,1,4,7-8,10-11,13-14H2,2H3. The van der Waals surface area contributed by atoms with E-state index in [1.54, 1.807) is 6.20 Å². The van der Waals surface area contributed by atoms with E-state index in [0.29, 0.717) is 30.9 Å². The van der Waals surface area contributed by atoms with Gasteiger partial charge >= 0.3 is 0 Å². The lowest BCUT2D eigenvalue weighted by Crippen LogP contribution is -2.05. The van der Waals surface area contributed by atoms with Crippen molar-refractivity contribution in [2.45, 2.75) is 57.8 Å².